The number of benzene rings is 1. The molecule has 0 aliphatic carbocycles. The lowest BCUT2D eigenvalue weighted by Gasteiger charge is -2.32. The van der Waals surface area contributed by atoms with Crippen LogP contribution in [0.5, 0.6) is 0 Å². The van der Waals surface area contributed by atoms with Gasteiger partial charge in [0.05, 0.1) is 0 Å². The first-order valence-electron chi connectivity index (χ1n) is 9.92. The third kappa shape index (κ3) is 8.43. The summed E-state index contributed by atoms with van der Waals surface area (Å²) in [6.07, 6.45) is 1.56. The van der Waals surface area contributed by atoms with Crippen molar-refractivity contribution in [2.24, 2.45) is 5.92 Å². The van der Waals surface area contributed by atoms with E-state index in [-0.39, 0.29) is 18.2 Å². The zero-order chi connectivity index (χ0) is 21.4. The Kier molecular flexibility index (Phi) is 8.49. The van der Waals surface area contributed by atoms with Crippen molar-refractivity contribution in [3.8, 4) is 0 Å². The van der Waals surface area contributed by atoms with Crippen molar-refractivity contribution < 1.29 is 19.1 Å². The van der Waals surface area contributed by atoms with Gasteiger partial charge in [-0.3, -0.25) is 9.59 Å². The van der Waals surface area contributed by atoms with Crippen LogP contribution in [-0.2, 0) is 9.53 Å². The van der Waals surface area contributed by atoms with Gasteiger partial charge in [0.25, 0.3) is 5.91 Å². The monoisotopic (exact) mass is 467 g/mol. The summed E-state index contributed by atoms with van der Waals surface area (Å²) in [6, 6.07) is 7.08. The molecule has 0 spiro atoms. The number of ether oxygens (including phenoxy) is 1. The van der Waals surface area contributed by atoms with Gasteiger partial charge in [-0.05, 0) is 63.8 Å². The number of carbonyl (C=O) groups excluding carboxylic acids is 3. The molecule has 1 saturated heterocycles. The Morgan fingerprint density at radius 2 is 1.72 bits per heavy atom. The van der Waals surface area contributed by atoms with Crippen molar-refractivity contribution in [1.29, 1.82) is 0 Å². The molecule has 0 atom stereocenters. The first-order valence-corrected chi connectivity index (χ1v) is 10.7. The second-order valence-corrected chi connectivity index (χ2v) is 9.14. The van der Waals surface area contributed by atoms with Gasteiger partial charge in [0.15, 0.2) is 0 Å². The van der Waals surface area contributed by atoms with E-state index < -0.39 is 11.7 Å². The van der Waals surface area contributed by atoms with Crippen LogP contribution in [0.25, 0.3) is 0 Å². The fraction of sp³-hybridized carbons (Fsp3) is 0.571. The summed E-state index contributed by atoms with van der Waals surface area (Å²) in [7, 11) is 0. The van der Waals surface area contributed by atoms with E-state index in [9.17, 15) is 14.4 Å². The first kappa shape index (κ1) is 23.2. The number of amides is 3. The molecular formula is C21H30BrN3O4. The van der Waals surface area contributed by atoms with Gasteiger partial charge >= 0.3 is 6.09 Å². The number of nitrogens with zero attached hydrogens (tertiary/aromatic N) is 1. The van der Waals surface area contributed by atoms with E-state index in [0.29, 0.717) is 37.7 Å². The van der Waals surface area contributed by atoms with Gasteiger partial charge in [-0.15, -0.1) is 0 Å². The van der Waals surface area contributed by atoms with Crippen LogP contribution < -0.4 is 10.6 Å². The molecule has 2 rings (SSSR count). The summed E-state index contributed by atoms with van der Waals surface area (Å²) in [5, 5.41) is 5.59. The van der Waals surface area contributed by atoms with Gasteiger partial charge in [-0.25, -0.2) is 4.79 Å². The Hall–Kier alpha value is -2.09. The number of rotatable bonds is 6. The summed E-state index contributed by atoms with van der Waals surface area (Å²) in [5.41, 5.74) is 0.0612. The zero-order valence-corrected chi connectivity index (χ0v) is 18.9. The van der Waals surface area contributed by atoms with Crippen molar-refractivity contribution in [2.45, 2.75) is 45.6 Å². The number of halogens is 1. The molecule has 1 heterocycles. The Morgan fingerprint density at radius 3 is 2.31 bits per heavy atom. The molecule has 0 aromatic heterocycles. The molecule has 0 radical (unpaired) electrons. The van der Waals surface area contributed by atoms with E-state index in [4.69, 9.17) is 4.74 Å². The second kappa shape index (κ2) is 10.6. The maximum Gasteiger partial charge on any atom is 0.407 e. The molecule has 3 amide bonds. The Morgan fingerprint density at radius 1 is 1.10 bits per heavy atom. The Bertz CT molecular complexity index is 708. The van der Waals surface area contributed by atoms with E-state index >= 15 is 0 Å². The van der Waals surface area contributed by atoms with Crippen molar-refractivity contribution in [2.75, 3.05) is 26.2 Å². The first-order chi connectivity index (χ1) is 13.6. The number of likely N-dealkylation sites (tertiary alicyclic amines) is 1. The molecule has 1 aromatic carbocycles. The minimum Gasteiger partial charge on any atom is -0.444 e. The lowest BCUT2D eigenvalue weighted by atomic mass is 9.96. The molecule has 0 saturated carbocycles. The van der Waals surface area contributed by atoms with Gasteiger partial charge < -0.3 is 20.3 Å². The number of hydrogen-bond acceptors (Lipinski definition) is 4. The van der Waals surface area contributed by atoms with E-state index in [0.717, 1.165) is 17.3 Å². The van der Waals surface area contributed by atoms with Crippen LogP contribution in [0.3, 0.4) is 0 Å². The standard InChI is InChI=1S/C21H30BrN3O4/c1-21(2,3)29-20(28)24-14-15-9-12-25(13-10-15)18(26)8-11-23-19(27)16-4-6-17(22)7-5-16/h4-7,15H,8-14H2,1-3H3,(H,23,27)(H,24,28). The highest BCUT2D eigenvalue weighted by Gasteiger charge is 2.24. The lowest BCUT2D eigenvalue weighted by Crippen LogP contribution is -2.43. The topological polar surface area (TPSA) is 87.7 Å². The molecule has 160 valence electrons. The van der Waals surface area contributed by atoms with Gasteiger partial charge in [0.1, 0.15) is 5.60 Å². The van der Waals surface area contributed by atoms with Crippen molar-refractivity contribution >= 4 is 33.8 Å². The Labute approximate surface area is 180 Å². The van der Waals surface area contributed by atoms with Gasteiger partial charge in [-0.1, -0.05) is 15.9 Å². The summed E-state index contributed by atoms with van der Waals surface area (Å²) < 4.78 is 6.15. The number of hydrogen-bond donors (Lipinski definition) is 2. The third-order valence-electron chi connectivity index (χ3n) is 4.63. The molecule has 1 fully saturated rings. The quantitative estimate of drug-likeness (QED) is 0.671. The fourth-order valence-corrected chi connectivity index (χ4v) is 3.34. The van der Waals surface area contributed by atoms with Crippen molar-refractivity contribution in [3.05, 3.63) is 34.3 Å². The second-order valence-electron chi connectivity index (χ2n) is 8.22. The number of alkyl carbamates (subject to hydrolysis) is 1. The molecule has 1 aliphatic heterocycles. The minimum absolute atomic E-state index is 0.0413. The predicted molar refractivity (Wildman–Crippen MR) is 115 cm³/mol. The average molecular weight is 468 g/mol. The highest BCUT2D eigenvalue weighted by molar-refractivity contribution is 9.10. The molecular weight excluding hydrogens is 438 g/mol. The Balaban J connectivity index is 1.63. The van der Waals surface area contributed by atoms with E-state index in [1.807, 2.05) is 37.8 Å². The molecule has 1 aromatic rings. The summed E-state index contributed by atoms with van der Waals surface area (Å²) in [4.78, 5) is 38.0. The van der Waals surface area contributed by atoms with Crippen LogP contribution in [0.15, 0.2) is 28.7 Å². The van der Waals surface area contributed by atoms with Crippen LogP contribution in [-0.4, -0.2) is 54.6 Å². The smallest absolute Gasteiger partial charge is 0.407 e. The van der Waals surface area contributed by atoms with Crippen LogP contribution in [0, 0.1) is 5.92 Å². The minimum atomic E-state index is -0.507. The van der Waals surface area contributed by atoms with E-state index in [2.05, 4.69) is 26.6 Å². The van der Waals surface area contributed by atoms with Crippen molar-refractivity contribution in [3.63, 3.8) is 0 Å². The third-order valence-corrected chi connectivity index (χ3v) is 5.16. The fourth-order valence-electron chi connectivity index (χ4n) is 3.07. The van der Waals surface area contributed by atoms with Crippen LogP contribution in [0.4, 0.5) is 4.79 Å². The molecule has 1 aliphatic rings. The van der Waals surface area contributed by atoms with E-state index in [1.165, 1.54) is 0 Å². The summed E-state index contributed by atoms with van der Waals surface area (Å²) >= 11 is 3.33. The normalized spacial score (nSPS) is 15.0. The predicted octanol–water partition coefficient (Wildman–Crippen LogP) is 3.33. The molecule has 0 bridgehead atoms. The van der Waals surface area contributed by atoms with Gasteiger partial charge in [0, 0.05) is 42.6 Å². The summed E-state index contributed by atoms with van der Waals surface area (Å²) in [6.45, 7) is 7.70. The number of carbonyl (C=O) groups is 3. The molecule has 8 heteroatoms. The molecule has 0 unspecified atom stereocenters. The van der Waals surface area contributed by atoms with Gasteiger partial charge in [0.2, 0.25) is 5.91 Å². The van der Waals surface area contributed by atoms with Crippen LogP contribution in [0.2, 0.25) is 0 Å². The highest BCUT2D eigenvalue weighted by Crippen LogP contribution is 2.17. The van der Waals surface area contributed by atoms with Crippen LogP contribution >= 0.6 is 15.9 Å². The van der Waals surface area contributed by atoms with Crippen molar-refractivity contribution in [1.82, 2.24) is 15.5 Å². The maximum absolute atomic E-state index is 12.4. The highest BCUT2D eigenvalue weighted by atomic mass is 79.9. The zero-order valence-electron chi connectivity index (χ0n) is 17.3. The van der Waals surface area contributed by atoms with E-state index in [1.54, 1.807) is 12.1 Å². The number of piperidine rings is 1. The average Bonchev–Trinajstić information content (AvgIpc) is 2.66. The largest absolute Gasteiger partial charge is 0.444 e. The molecule has 29 heavy (non-hydrogen) atoms. The van der Waals surface area contributed by atoms with Crippen LogP contribution in [0.1, 0.15) is 50.4 Å². The molecule has 2 N–H and O–H groups in total. The SMILES string of the molecule is CC(C)(C)OC(=O)NCC1CCN(C(=O)CCNC(=O)c2ccc(Br)cc2)CC1. The molecule has 7 nitrogen and oxygen atoms in total. The van der Waals surface area contributed by atoms with Gasteiger partial charge in [-0.2, -0.15) is 0 Å². The lowest BCUT2D eigenvalue weighted by molar-refractivity contribution is -0.132. The number of nitrogens with one attached hydrogen (secondary N) is 2. The maximum atomic E-state index is 12.4. The summed E-state index contributed by atoms with van der Waals surface area (Å²) in [5.74, 6) is 0.195.